The third-order valence-electron chi connectivity index (χ3n) is 10.6. The van der Waals surface area contributed by atoms with E-state index in [1.54, 1.807) is 13.3 Å². The number of aromatic nitrogens is 6. The highest BCUT2D eigenvalue weighted by molar-refractivity contribution is 7.99. The van der Waals surface area contributed by atoms with Crippen molar-refractivity contribution in [1.82, 2.24) is 34.4 Å². The minimum absolute atomic E-state index is 0.00452. The molecule has 0 saturated carbocycles. The molecule has 0 fully saturated rings. The average molecular weight is 873 g/mol. The Bertz CT molecular complexity index is 2710. The molecule has 0 bridgehead atoms. The van der Waals surface area contributed by atoms with E-state index in [0.717, 1.165) is 12.1 Å². The summed E-state index contributed by atoms with van der Waals surface area (Å²) in [5, 5.41) is 11.7. The van der Waals surface area contributed by atoms with Gasteiger partial charge in [0.25, 0.3) is 17.9 Å². The number of rotatable bonds is 14. The fourth-order valence-corrected chi connectivity index (χ4v) is 8.29. The van der Waals surface area contributed by atoms with Crippen molar-refractivity contribution < 1.29 is 35.9 Å². The van der Waals surface area contributed by atoms with E-state index in [2.05, 4.69) is 20.2 Å². The number of benzene rings is 3. The maximum atomic E-state index is 15.5. The van der Waals surface area contributed by atoms with Gasteiger partial charge < -0.3 is 10.0 Å². The Hall–Kier alpha value is -5.36. The van der Waals surface area contributed by atoms with Gasteiger partial charge in [-0.05, 0) is 60.7 Å². The molecule has 1 aliphatic carbocycles. The number of nitrogens with zero attached hydrogens (tertiary/aromatic N) is 6. The van der Waals surface area contributed by atoms with Crippen molar-refractivity contribution in [2.45, 2.75) is 71.4 Å². The first kappa shape index (κ1) is 42.8. The van der Waals surface area contributed by atoms with Gasteiger partial charge in [-0.2, -0.15) is 19.0 Å². The van der Waals surface area contributed by atoms with Crippen molar-refractivity contribution >= 4 is 62.9 Å². The van der Waals surface area contributed by atoms with Crippen LogP contribution in [0.25, 0.3) is 27.5 Å². The monoisotopic (exact) mass is 872 g/mol. The summed E-state index contributed by atoms with van der Waals surface area (Å²) in [5.74, 6) is -7.66. The van der Waals surface area contributed by atoms with Gasteiger partial charge in [0.05, 0.1) is 38.6 Å². The molecule has 19 heteroatoms. The molecular formula is C41H39ClF6N8O3S. The molecule has 3 aromatic carbocycles. The second kappa shape index (κ2) is 16.6. The molecule has 1 aliphatic rings. The van der Waals surface area contributed by atoms with Gasteiger partial charge in [-0.25, -0.2) is 22.5 Å². The summed E-state index contributed by atoms with van der Waals surface area (Å²) < 4.78 is 94.7. The Morgan fingerprint density at radius 2 is 1.77 bits per heavy atom. The van der Waals surface area contributed by atoms with Gasteiger partial charge in [0.15, 0.2) is 11.6 Å². The first-order valence-electron chi connectivity index (χ1n) is 18.9. The van der Waals surface area contributed by atoms with E-state index in [1.807, 2.05) is 13.8 Å². The molecule has 0 aliphatic heterocycles. The van der Waals surface area contributed by atoms with E-state index in [-0.39, 0.29) is 68.7 Å². The van der Waals surface area contributed by atoms with Gasteiger partial charge in [-0.3, -0.25) is 28.3 Å². The van der Waals surface area contributed by atoms with Crippen LogP contribution in [0.3, 0.4) is 0 Å². The van der Waals surface area contributed by atoms with E-state index in [4.69, 9.17) is 16.6 Å². The number of ketones is 1. The zero-order valence-electron chi connectivity index (χ0n) is 32.9. The van der Waals surface area contributed by atoms with Crippen molar-refractivity contribution in [3.05, 3.63) is 109 Å². The smallest absolute Gasteiger partial charge is 0.292 e. The lowest BCUT2D eigenvalue weighted by molar-refractivity contribution is -0.123. The predicted molar refractivity (Wildman–Crippen MR) is 217 cm³/mol. The van der Waals surface area contributed by atoms with Crippen molar-refractivity contribution in [2.24, 2.45) is 18.9 Å². The lowest BCUT2D eigenvalue weighted by Gasteiger charge is -2.24. The lowest BCUT2D eigenvalue weighted by atomic mass is 10.00. The third kappa shape index (κ3) is 7.98. The average Bonchev–Trinajstić information content (AvgIpc) is 3.78. The van der Waals surface area contributed by atoms with Gasteiger partial charge >= 0.3 is 0 Å². The molecule has 3 aromatic heterocycles. The number of hydrogen-bond acceptors (Lipinski definition) is 8. The van der Waals surface area contributed by atoms with E-state index in [0.29, 0.717) is 33.9 Å². The first-order chi connectivity index (χ1) is 28.4. The number of carbonyl (C=O) groups excluding carboxylic acids is 2. The largest absolute Gasteiger partial charge is 0.344 e. The molecule has 11 nitrogen and oxygen atoms in total. The molecule has 3 heterocycles. The predicted octanol–water partition coefficient (Wildman–Crippen LogP) is 9.03. The minimum Gasteiger partial charge on any atom is -0.344 e. The number of Topliss-reactive ketones (excluding diaryl/α,β-unsaturated/α-hetero) is 1. The van der Waals surface area contributed by atoms with Crippen molar-refractivity contribution in [3.8, 4) is 5.69 Å². The topological polar surface area (TPSA) is 129 Å². The highest BCUT2D eigenvalue weighted by Crippen LogP contribution is 2.48. The molecule has 2 N–H and O–H groups in total. The molecule has 1 amide bonds. The molecule has 316 valence electrons. The number of nitrogens with one attached hydrogen (secondary N) is 2. The van der Waals surface area contributed by atoms with Gasteiger partial charge in [0.2, 0.25) is 5.91 Å². The van der Waals surface area contributed by atoms with Crippen LogP contribution in [0.1, 0.15) is 84.8 Å². The van der Waals surface area contributed by atoms with Crippen LogP contribution in [-0.4, -0.2) is 47.1 Å². The number of hydrogen-bond donors (Lipinski definition) is 2. The Labute approximate surface area is 348 Å². The fraction of sp³-hybridized carbons (Fsp3) is 0.366. The Kier molecular flexibility index (Phi) is 11.8. The summed E-state index contributed by atoms with van der Waals surface area (Å²) in [7, 11) is 1.61. The fourth-order valence-electron chi connectivity index (χ4n) is 7.71. The maximum Gasteiger partial charge on any atom is 0.292 e. The summed E-state index contributed by atoms with van der Waals surface area (Å²) >= 11 is 7.94. The molecule has 60 heavy (non-hydrogen) atoms. The van der Waals surface area contributed by atoms with Crippen LogP contribution < -0.4 is 15.6 Å². The summed E-state index contributed by atoms with van der Waals surface area (Å²) in [6.45, 7) is 4.19. The number of halogens is 7. The van der Waals surface area contributed by atoms with Crippen LogP contribution in [0.4, 0.5) is 32.2 Å². The van der Waals surface area contributed by atoms with Crippen LogP contribution in [0.2, 0.25) is 5.02 Å². The van der Waals surface area contributed by atoms with Crippen LogP contribution in [-0.2, 0) is 37.2 Å². The molecule has 6 aromatic rings. The molecule has 0 saturated heterocycles. The number of amides is 1. The molecule has 2 unspecified atom stereocenters. The highest BCUT2D eigenvalue weighted by atomic mass is 35.5. The van der Waals surface area contributed by atoms with Gasteiger partial charge in [0, 0.05) is 49.3 Å². The SMILES string of the molecule is CSNc1nn(C)c2c(-n3c(C(Cc4cc(F)cc(F)c4)NC(=O)Cn4nc(C(F)F)c5c4C(F)(F)C(C)C5)nc4cc(C(=O)CCC(C)C)ccc4c3=O)ccc(Cl)c12. The van der Waals surface area contributed by atoms with Crippen molar-refractivity contribution in [3.63, 3.8) is 0 Å². The second-order valence-electron chi connectivity index (χ2n) is 15.3. The first-order valence-corrected chi connectivity index (χ1v) is 20.5. The molecule has 2 atom stereocenters. The molecule has 0 spiro atoms. The Balaban J connectivity index is 1.45. The van der Waals surface area contributed by atoms with Gasteiger partial charge in [-0.1, -0.05) is 50.4 Å². The number of fused-ring (bicyclic) bond motifs is 3. The van der Waals surface area contributed by atoms with Crippen molar-refractivity contribution in [2.75, 3.05) is 11.0 Å². The van der Waals surface area contributed by atoms with Gasteiger partial charge in [-0.15, -0.1) is 0 Å². The standard InChI is InChI=1S/C41H39ClF6N8O3S/c1-19(2)6-11-31(57)22-7-8-25-28(16-22)50-39(56(40(25)59)30-10-9-27(42)33-35(30)54(4)52-38(33)53-60-5)29(15-21-13-23(43)17-24(44)14-21)49-32(58)18-55-36-26(34(51-55)37(45)46)12-20(3)41(36,47)48/h7-10,13-14,16-17,19-20,29,37H,6,11-12,15,18H2,1-5H3,(H,49,58)(H,52,53). The summed E-state index contributed by atoms with van der Waals surface area (Å²) in [5.41, 5.74) is -1.86. The summed E-state index contributed by atoms with van der Waals surface area (Å²) in [6, 6.07) is 8.68. The number of carbonyl (C=O) groups is 2. The van der Waals surface area contributed by atoms with Crippen LogP contribution in [0.15, 0.2) is 53.3 Å². The van der Waals surface area contributed by atoms with E-state index in [9.17, 15) is 31.9 Å². The third-order valence-corrected chi connectivity index (χ3v) is 11.3. The lowest BCUT2D eigenvalue weighted by Crippen LogP contribution is -2.38. The molecular weight excluding hydrogens is 834 g/mol. The maximum absolute atomic E-state index is 15.5. The zero-order chi connectivity index (χ0) is 43.4. The highest BCUT2D eigenvalue weighted by Gasteiger charge is 2.51. The normalized spacial score (nSPS) is 15.3. The molecule has 0 radical (unpaired) electrons. The Morgan fingerprint density at radius 1 is 1.05 bits per heavy atom. The number of alkyl halides is 4. The van der Waals surface area contributed by atoms with Crippen LogP contribution >= 0.6 is 23.5 Å². The number of aryl methyl sites for hydroxylation is 1. The van der Waals surface area contributed by atoms with Crippen LogP contribution in [0, 0.1) is 23.5 Å². The zero-order valence-corrected chi connectivity index (χ0v) is 34.5. The summed E-state index contributed by atoms with van der Waals surface area (Å²) in [6.07, 6.45) is -1.42. The van der Waals surface area contributed by atoms with Gasteiger partial charge in [0.1, 0.15) is 35.4 Å². The quantitative estimate of drug-likeness (QED) is 0.0631. The minimum atomic E-state index is -3.59. The Morgan fingerprint density at radius 3 is 2.43 bits per heavy atom. The molecule has 7 rings (SSSR count). The second-order valence-corrected chi connectivity index (χ2v) is 16.3. The van der Waals surface area contributed by atoms with Crippen LogP contribution in [0.5, 0.6) is 0 Å². The van der Waals surface area contributed by atoms with E-state index < -0.39 is 71.8 Å². The number of anilines is 1. The summed E-state index contributed by atoms with van der Waals surface area (Å²) in [4.78, 5) is 47.2. The van der Waals surface area contributed by atoms with E-state index >= 15 is 8.78 Å². The van der Waals surface area contributed by atoms with E-state index in [1.165, 1.54) is 58.5 Å². The van der Waals surface area contributed by atoms with Crippen molar-refractivity contribution in [1.29, 1.82) is 0 Å².